The summed E-state index contributed by atoms with van der Waals surface area (Å²) < 4.78 is 28.3. The van der Waals surface area contributed by atoms with Crippen LogP contribution in [0.4, 0.5) is 0 Å². The molecule has 0 aliphatic heterocycles. The molecule has 8 heteroatoms. The molecule has 0 fully saturated rings. The number of pyridine rings is 2. The molecule has 4 aromatic rings. The quantitative estimate of drug-likeness (QED) is 0.410. The fraction of sp³-hybridized carbons (Fsp3) is 0.320. The zero-order chi connectivity index (χ0) is 23.6. The van der Waals surface area contributed by atoms with E-state index in [1.807, 2.05) is 43.3 Å². The Labute approximate surface area is 195 Å². The van der Waals surface area contributed by atoms with Crippen molar-refractivity contribution in [1.82, 2.24) is 24.2 Å². The van der Waals surface area contributed by atoms with Crippen LogP contribution in [0.2, 0.25) is 0 Å². The highest BCUT2D eigenvalue weighted by Crippen LogP contribution is 2.30. The largest absolute Gasteiger partial charge is 0.342 e. The number of imidazole rings is 1. The molecule has 1 unspecified atom stereocenters. The summed E-state index contributed by atoms with van der Waals surface area (Å²) in [6.45, 7) is 6.08. The van der Waals surface area contributed by atoms with Gasteiger partial charge in [-0.25, -0.2) is 13.4 Å². The number of aromatic nitrogens is 4. The molecule has 0 aliphatic rings. The third-order valence-corrected chi connectivity index (χ3v) is 7.61. The summed E-state index contributed by atoms with van der Waals surface area (Å²) in [5, 5.41) is 0. The highest BCUT2D eigenvalue weighted by atomic mass is 32.2. The van der Waals surface area contributed by atoms with Crippen molar-refractivity contribution in [2.45, 2.75) is 44.6 Å². The van der Waals surface area contributed by atoms with Gasteiger partial charge < -0.3 is 4.98 Å². The molecule has 3 heterocycles. The van der Waals surface area contributed by atoms with Gasteiger partial charge in [0.05, 0.1) is 27.8 Å². The van der Waals surface area contributed by atoms with Crippen LogP contribution in [-0.4, -0.2) is 39.7 Å². The molecular formula is C25H29N5O2S. The second-order valence-corrected chi connectivity index (χ2v) is 10.7. The first-order valence-electron chi connectivity index (χ1n) is 11.0. The van der Waals surface area contributed by atoms with Crippen LogP contribution in [0.25, 0.3) is 11.0 Å². The maximum Gasteiger partial charge on any atom is 0.243 e. The zero-order valence-corrected chi connectivity index (χ0v) is 20.2. The Morgan fingerprint density at radius 3 is 2.42 bits per heavy atom. The lowest BCUT2D eigenvalue weighted by molar-refractivity contribution is 0.318. The molecule has 0 radical (unpaired) electrons. The van der Waals surface area contributed by atoms with Crippen molar-refractivity contribution in [1.29, 1.82) is 0 Å². The van der Waals surface area contributed by atoms with E-state index in [1.54, 1.807) is 31.6 Å². The molecule has 0 saturated carbocycles. The van der Waals surface area contributed by atoms with Crippen molar-refractivity contribution in [3.05, 3.63) is 83.7 Å². The van der Waals surface area contributed by atoms with Gasteiger partial charge in [0.25, 0.3) is 0 Å². The van der Waals surface area contributed by atoms with Gasteiger partial charge in [-0.3, -0.25) is 9.97 Å². The van der Waals surface area contributed by atoms with Crippen LogP contribution in [0.5, 0.6) is 0 Å². The van der Waals surface area contributed by atoms with E-state index in [2.05, 4.69) is 33.8 Å². The predicted octanol–water partition coefficient (Wildman–Crippen LogP) is 4.66. The van der Waals surface area contributed by atoms with Gasteiger partial charge in [-0.2, -0.15) is 4.31 Å². The summed E-state index contributed by atoms with van der Waals surface area (Å²) in [7, 11) is -2.06. The summed E-state index contributed by atoms with van der Waals surface area (Å²) in [6.07, 6.45) is 4.72. The molecule has 0 spiro atoms. The molecule has 3 aromatic heterocycles. The minimum Gasteiger partial charge on any atom is -0.342 e. The van der Waals surface area contributed by atoms with Gasteiger partial charge in [-0.05, 0) is 55.2 Å². The number of nitrogens with one attached hydrogen (secondary N) is 1. The van der Waals surface area contributed by atoms with Crippen LogP contribution < -0.4 is 0 Å². The number of aryl methyl sites for hydroxylation is 1. The van der Waals surface area contributed by atoms with Crippen LogP contribution in [-0.2, 0) is 16.4 Å². The minimum atomic E-state index is -3.69. The third-order valence-electron chi connectivity index (χ3n) is 5.73. The van der Waals surface area contributed by atoms with E-state index >= 15 is 0 Å². The average molecular weight is 464 g/mol. The normalized spacial score (nSPS) is 13.2. The number of hydrogen-bond acceptors (Lipinski definition) is 5. The molecule has 1 atom stereocenters. The van der Waals surface area contributed by atoms with E-state index < -0.39 is 10.0 Å². The highest BCUT2D eigenvalue weighted by Gasteiger charge is 2.30. The number of H-pyrrole nitrogens is 1. The number of sulfonamides is 1. The third kappa shape index (κ3) is 4.96. The van der Waals surface area contributed by atoms with E-state index in [-0.39, 0.29) is 10.9 Å². The van der Waals surface area contributed by atoms with Crippen molar-refractivity contribution in [3.63, 3.8) is 0 Å². The number of rotatable bonds is 8. The number of benzene rings is 1. The molecule has 0 bridgehead atoms. The SMILES string of the molecule is Cc1nc2c(Cc3ccc(S(=O)(=O)N(C)C(CC(C)C)c4ccccn4)cc3)nccc2[nH]1. The van der Waals surface area contributed by atoms with Crippen molar-refractivity contribution >= 4 is 21.1 Å². The lowest BCUT2D eigenvalue weighted by Crippen LogP contribution is -2.32. The lowest BCUT2D eigenvalue weighted by Gasteiger charge is -2.28. The Hall–Kier alpha value is -3.10. The van der Waals surface area contributed by atoms with Gasteiger partial charge in [0.2, 0.25) is 10.0 Å². The molecule has 1 aromatic carbocycles. The molecule has 172 valence electrons. The van der Waals surface area contributed by atoms with Gasteiger partial charge in [-0.15, -0.1) is 0 Å². The molecule has 4 rings (SSSR count). The second-order valence-electron chi connectivity index (χ2n) is 8.72. The molecular weight excluding hydrogens is 434 g/mol. The van der Waals surface area contributed by atoms with E-state index in [0.717, 1.165) is 33.8 Å². The molecule has 0 aliphatic carbocycles. The van der Waals surface area contributed by atoms with Gasteiger partial charge in [0.1, 0.15) is 11.3 Å². The van der Waals surface area contributed by atoms with Crippen LogP contribution in [0, 0.1) is 12.8 Å². The predicted molar refractivity (Wildman–Crippen MR) is 129 cm³/mol. The van der Waals surface area contributed by atoms with Crippen LogP contribution >= 0.6 is 0 Å². The monoisotopic (exact) mass is 463 g/mol. The number of aromatic amines is 1. The van der Waals surface area contributed by atoms with Crippen LogP contribution in [0.1, 0.15) is 49.1 Å². The standard InChI is InChI=1S/C25H29N5O2S/c1-17(2)15-24(21-7-5-6-13-26-21)30(4)33(31,32)20-10-8-19(9-11-20)16-23-25-22(12-14-27-23)28-18(3)29-25/h5-14,17,24H,15-16H2,1-4H3,(H,28,29). The first-order chi connectivity index (χ1) is 15.8. The molecule has 1 N–H and O–H groups in total. The first-order valence-corrected chi connectivity index (χ1v) is 12.5. The zero-order valence-electron chi connectivity index (χ0n) is 19.4. The minimum absolute atomic E-state index is 0.264. The van der Waals surface area contributed by atoms with Crippen molar-refractivity contribution in [2.24, 2.45) is 5.92 Å². The second kappa shape index (κ2) is 9.41. The van der Waals surface area contributed by atoms with E-state index in [0.29, 0.717) is 18.8 Å². The molecule has 0 amide bonds. The number of fused-ring (bicyclic) bond motifs is 1. The maximum atomic E-state index is 13.4. The summed E-state index contributed by atoms with van der Waals surface area (Å²) in [5.41, 5.74) is 4.38. The van der Waals surface area contributed by atoms with E-state index in [9.17, 15) is 8.42 Å². The Kier molecular flexibility index (Phi) is 6.58. The van der Waals surface area contributed by atoms with Crippen molar-refractivity contribution in [3.8, 4) is 0 Å². The van der Waals surface area contributed by atoms with Gasteiger partial charge in [-0.1, -0.05) is 32.0 Å². The summed E-state index contributed by atoms with van der Waals surface area (Å²) in [6, 6.07) is 14.2. The van der Waals surface area contributed by atoms with Gasteiger partial charge in [0.15, 0.2) is 0 Å². The Bertz CT molecular complexity index is 1330. The first kappa shape index (κ1) is 23.1. The maximum absolute atomic E-state index is 13.4. The smallest absolute Gasteiger partial charge is 0.243 e. The fourth-order valence-corrected chi connectivity index (χ4v) is 5.37. The average Bonchev–Trinajstić information content (AvgIpc) is 3.19. The molecule has 0 saturated heterocycles. The van der Waals surface area contributed by atoms with E-state index in [1.165, 1.54) is 4.31 Å². The Morgan fingerprint density at radius 1 is 1.00 bits per heavy atom. The van der Waals surface area contributed by atoms with Crippen molar-refractivity contribution < 1.29 is 8.42 Å². The van der Waals surface area contributed by atoms with Gasteiger partial charge in [0, 0.05) is 25.9 Å². The topological polar surface area (TPSA) is 91.8 Å². The van der Waals surface area contributed by atoms with Crippen LogP contribution in [0.15, 0.2) is 65.8 Å². The number of hydrogen-bond donors (Lipinski definition) is 1. The summed E-state index contributed by atoms with van der Waals surface area (Å²) >= 11 is 0. The Morgan fingerprint density at radius 2 is 1.76 bits per heavy atom. The molecule has 33 heavy (non-hydrogen) atoms. The lowest BCUT2D eigenvalue weighted by atomic mass is 10.0. The van der Waals surface area contributed by atoms with Gasteiger partial charge >= 0.3 is 0 Å². The van der Waals surface area contributed by atoms with Crippen LogP contribution in [0.3, 0.4) is 0 Å². The fourth-order valence-electron chi connectivity index (χ4n) is 4.02. The summed E-state index contributed by atoms with van der Waals surface area (Å²) in [4.78, 5) is 16.9. The number of nitrogens with zero attached hydrogens (tertiary/aromatic N) is 4. The highest BCUT2D eigenvalue weighted by molar-refractivity contribution is 7.89. The Balaban J connectivity index is 1.59. The molecule has 7 nitrogen and oxygen atoms in total. The summed E-state index contributed by atoms with van der Waals surface area (Å²) in [5.74, 6) is 1.16. The van der Waals surface area contributed by atoms with Crippen molar-refractivity contribution in [2.75, 3.05) is 7.05 Å². The van der Waals surface area contributed by atoms with E-state index in [4.69, 9.17) is 0 Å².